The van der Waals surface area contributed by atoms with E-state index in [4.69, 9.17) is 15.2 Å². The van der Waals surface area contributed by atoms with Crippen LogP contribution in [0.15, 0.2) is 0 Å². The Bertz CT molecular complexity index is 253. The summed E-state index contributed by atoms with van der Waals surface area (Å²) in [5, 5.41) is 2.88. The molecule has 2 atom stereocenters. The number of carbonyl (C=O) groups is 1. The molecule has 2 unspecified atom stereocenters. The molecule has 0 bridgehead atoms. The van der Waals surface area contributed by atoms with Crippen LogP contribution in [0, 0.1) is 11.8 Å². The Morgan fingerprint density at radius 1 is 1.44 bits per heavy atom. The van der Waals surface area contributed by atoms with E-state index in [1.54, 1.807) is 7.11 Å². The van der Waals surface area contributed by atoms with Crippen molar-refractivity contribution in [1.82, 2.24) is 5.32 Å². The molecular weight excluding hydrogens is 232 g/mol. The Balaban J connectivity index is 2.34. The Morgan fingerprint density at radius 3 is 2.56 bits per heavy atom. The number of methoxy groups -OCH3 is 1. The quantitative estimate of drug-likeness (QED) is 0.729. The molecule has 1 fully saturated rings. The second kappa shape index (κ2) is 7.71. The molecule has 0 aromatic carbocycles. The van der Waals surface area contributed by atoms with Crippen molar-refractivity contribution in [3.05, 3.63) is 0 Å². The second-order valence-electron chi connectivity index (χ2n) is 5.24. The van der Waals surface area contributed by atoms with Gasteiger partial charge >= 0.3 is 0 Å². The molecular formula is C13H26N2O3. The number of ether oxygens (including phenoxy) is 2. The molecule has 1 heterocycles. The molecule has 0 aromatic heterocycles. The topological polar surface area (TPSA) is 73.6 Å². The van der Waals surface area contributed by atoms with Crippen LogP contribution in [0.4, 0.5) is 0 Å². The lowest BCUT2D eigenvalue weighted by molar-refractivity contribution is -0.125. The standard InChI is InChI=1S/C13H26N2O3/c1-9(2)11(17-3)8-15-13(16)12(14)10-4-6-18-7-5-10/h9-12H,4-8,14H2,1-3H3,(H,15,16). The highest BCUT2D eigenvalue weighted by atomic mass is 16.5. The van der Waals surface area contributed by atoms with Gasteiger partial charge in [0.05, 0.1) is 12.1 Å². The first-order chi connectivity index (χ1) is 8.56. The van der Waals surface area contributed by atoms with E-state index in [-0.39, 0.29) is 17.9 Å². The minimum Gasteiger partial charge on any atom is -0.381 e. The minimum atomic E-state index is -0.432. The molecule has 106 valence electrons. The molecule has 0 radical (unpaired) electrons. The van der Waals surface area contributed by atoms with E-state index in [0.717, 1.165) is 12.8 Å². The molecule has 0 saturated carbocycles. The maximum absolute atomic E-state index is 12.0. The fraction of sp³-hybridized carbons (Fsp3) is 0.923. The Morgan fingerprint density at radius 2 is 2.06 bits per heavy atom. The van der Waals surface area contributed by atoms with E-state index in [2.05, 4.69) is 19.2 Å². The van der Waals surface area contributed by atoms with Crippen LogP contribution in [0.5, 0.6) is 0 Å². The Kier molecular flexibility index (Phi) is 6.60. The first kappa shape index (κ1) is 15.4. The van der Waals surface area contributed by atoms with Crippen molar-refractivity contribution in [3.8, 4) is 0 Å². The maximum Gasteiger partial charge on any atom is 0.237 e. The molecule has 18 heavy (non-hydrogen) atoms. The van der Waals surface area contributed by atoms with Crippen molar-refractivity contribution in [3.63, 3.8) is 0 Å². The number of nitrogens with one attached hydrogen (secondary N) is 1. The summed E-state index contributed by atoms with van der Waals surface area (Å²) in [6.07, 6.45) is 1.77. The summed E-state index contributed by atoms with van der Waals surface area (Å²) in [4.78, 5) is 12.0. The van der Waals surface area contributed by atoms with Crippen molar-refractivity contribution < 1.29 is 14.3 Å². The highest BCUT2D eigenvalue weighted by Gasteiger charge is 2.27. The highest BCUT2D eigenvalue weighted by Crippen LogP contribution is 2.17. The van der Waals surface area contributed by atoms with Crippen LogP contribution in [-0.2, 0) is 14.3 Å². The number of rotatable bonds is 6. The van der Waals surface area contributed by atoms with Gasteiger partial charge in [-0.15, -0.1) is 0 Å². The minimum absolute atomic E-state index is 0.0378. The predicted molar refractivity (Wildman–Crippen MR) is 70.2 cm³/mol. The van der Waals surface area contributed by atoms with Gasteiger partial charge in [0.25, 0.3) is 0 Å². The van der Waals surface area contributed by atoms with Gasteiger partial charge < -0.3 is 20.5 Å². The highest BCUT2D eigenvalue weighted by molar-refractivity contribution is 5.81. The molecule has 0 aliphatic carbocycles. The lowest BCUT2D eigenvalue weighted by Gasteiger charge is -2.27. The number of nitrogens with two attached hydrogens (primary N) is 1. The van der Waals surface area contributed by atoms with Gasteiger partial charge in [0.15, 0.2) is 0 Å². The van der Waals surface area contributed by atoms with Crippen LogP contribution >= 0.6 is 0 Å². The van der Waals surface area contributed by atoms with Gasteiger partial charge in [-0.2, -0.15) is 0 Å². The van der Waals surface area contributed by atoms with Crippen LogP contribution in [0.1, 0.15) is 26.7 Å². The van der Waals surface area contributed by atoms with Gasteiger partial charge in [0.2, 0.25) is 5.91 Å². The third-order valence-electron chi connectivity index (χ3n) is 3.60. The Hall–Kier alpha value is -0.650. The molecule has 1 aliphatic heterocycles. The van der Waals surface area contributed by atoms with Crippen LogP contribution in [0.2, 0.25) is 0 Å². The van der Waals surface area contributed by atoms with Gasteiger partial charge in [0.1, 0.15) is 0 Å². The predicted octanol–water partition coefficient (Wildman–Crippen LogP) is 0.528. The normalized spacial score (nSPS) is 20.7. The lowest BCUT2D eigenvalue weighted by atomic mass is 9.92. The average Bonchev–Trinajstić information content (AvgIpc) is 2.39. The molecule has 0 aromatic rings. The average molecular weight is 258 g/mol. The van der Waals surface area contributed by atoms with E-state index >= 15 is 0 Å². The molecule has 3 N–H and O–H groups in total. The first-order valence-corrected chi connectivity index (χ1v) is 6.70. The second-order valence-corrected chi connectivity index (χ2v) is 5.24. The van der Waals surface area contributed by atoms with E-state index in [1.165, 1.54) is 0 Å². The SMILES string of the molecule is COC(CNC(=O)C(N)C1CCOCC1)C(C)C. The molecule has 1 amide bonds. The summed E-state index contributed by atoms with van der Waals surface area (Å²) in [6.45, 7) is 6.07. The van der Waals surface area contributed by atoms with Crippen LogP contribution in [0.3, 0.4) is 0 Å². The van der Waals surface area contributed by atoms with Gasteiger partial charge in [-0.05, 0) is 24.7 Å². The van der Waals surface area contributed by atoms with Gasteiger partial charge in [0, 0.05) is 26.9 Å². The van der Waals surface area contributed by atoms with Gasteiger partial charge in [-0.3, -0.25) is 4.79 Å². The third kappa shape index (κ3) is 4.55. The summed E-state index contributed by atoms with van der Waals surface area (Å²) in [5.41, 5.74) is 5.99. The van der Waals surface area contributed by atoms with E-state index < -0.39 is 6.04 Å². The zero-order chi connectivity index (χ0) is 13.5. The molecule has 1 aliphatic rings. The van der Waals surface area contributed by atoms with Crippen molar-refractivity contribution in [2.45, 2.75) is 38.8 Å². The molecule has 5 heteroatoms. The first-order valence-electron chi connectivity index (χ1n) is 6.70. The van der Waals surface area contributed by atoms with Crippen LogP contribution in [0.25, 0.3) is 0 Å². The number of amides is 1. The number of hydrogen-bond donors (Lipinski definition) is 2. The van der Waals surface area contributed by atoms with Crippen molar-refractivity contribution >= 4 is 5.91 Å². The summed E-state index contributed by atoms with van der Waals surface area (Å²) < 4.78 is 10.6. The van der Waals surface area contributed by atoms with E-state index in [1.807, 2.05) is 0 Å². The van der Waals surface area contributed by atoms with Gasteiger partial charge in [-0.25, -0.2) is 0 Å². The zero-order valence-corrected chi connectivity index (χ0v) is 11.6. The van der Waals surface area contributed by atoms with Crippen molar-refractivity contribution in [1.29, 1.82) is 0 Å². The summed E-state index contributed by atoms with van der Waals surface area (Å²) >= 11 is 0. The summed E-state index contributed by atoms with van der Waals surface area (Å²) in [5.74, 6) is 0.526. The number of carbonyl (C=O) groups excluding carboxylic acids is 1. The Labute approximate surface area is 109 Å². The van der Waals surface area contributed by atoms with Crippen LogP contribution < -0.4 is 11.1 Å². The fourth-order valence-corrected chi connectivity index (χ4v) is 2.20. The fourth-order valence-electron chi connectivity index (χ4n) is 2.20. The smallest absolute Gasteiger partial charge is 0.237 e. The van der Waals surface area contributed by atoms with Crippen LogP contribution in [-0.4, -0.2) is 44.9 Å². The lowest BCUT2D eigenvalue weighted by Crippen LogP contribution is -2.49. The molecule has 5 nitrogen and oxygen atoms in total. The van der Waals surface area contributed by atoms with Crippen molar-refractivity contribution in [2.75, 3.05) is 26.9 Å². The zero-order valence-electron chi connectivity index (χ0n) is 11.6. The maximum atomic E-state index is 12.0. The molecule has 0 spiro atoms. The van der Waals surface area contributed by atoms with Gasteiger partial charge in [-0.1, -0.05) is 13.8 Å². The largest absolute Gasteiger partial charge is 0.381 e. The van der Waals surface area contributed by atoms with E-state index in [0.29, 0.717) is 25.7 Å². The summed E-state index contributed by atoms with van der Waals surface area (Å²) in [6, 6.07) is -0.432. The monoisotopic (exact) mass is 258 g/mol. The third-order valence-corrected chi connectivity index (χ3v) is 3.60. The summed E-state index contributed by atoms with van der Waals surface area (Å²) in [7, 11) is 1.66. The van der Waals surface area contributed by atoms with Crippen molar-refractivity contribution in [2.24, 2.45) is 17.6 Å². The number of hydrogen-bond acceptors (Lipinski definition) is 4. The molecule has 1 rings (SSSR count). The molecule has 1 saturated heterocycles. The van der Waals surface area contributed by atoms with E-state index in [9.17, 15) is 4.79 Å².